The van der Waals surface area contributed by atoms with Gasteiger partial charge in [0, 0.05) is 36.6 Å². The summed E-state index contributed by atoms with van der Waals surface area (Å²) in [5, 5.41) is 0.207. The first-order valence-electron chi connectivity index (χ1n) is 6.80. The normalized spacial score (nSPS) is 10.3. The van der Waals surface area contributed by atoms with Crippen molar-refractivity contribution in [2.24, 2.45) is 0 Å². The van der Waals surface area contributed by atoms with Gasteiger partial charge in [-0.2, -0.15) is 0 Å². The van der Waals surface area contributed by atoms with Gasteiger partial charge in [-0.15, -0.1) is 0 Å². The van der Waals surface area contributed by atoms with Gasteiger partial charge in [0.2, 0.25) is 0 Å². The first-order chi connectivity index (χ1) is 11.4. The lowest BCUT2D eigenvalue weighted by Crippen LogP contribution is -2.31. The fraction of sp³-hybridized carbons (Fsp3) is 0.200. The third kappa shape index (κ3) is 4.17. The molecule has 0 bridgehead atoms. The summed E-state index contributed by atoms with van der Waals surface area (Å²) in [5.74, 6) is -2.02. The van der Waals surface area contributed by atoms with E-state index in [4.69, 9.17) is 22.1 Å². The predicted octanol–water partition coefficient (Wildman–Crippen LogP) is 1.67. The van der Waals surface area contributed by atoms with Crippen molar-refractivity contribution in [3.63, 3.8) is 0 Å². The Morgan fingerprint density at radius 2 is 2.04 bits per heavy atom. The highest BCUT2D eigenvalue weighted by atomic mass is 35.5. The number of nitrogens with zero attached hydrogens (tertiary/aromatic N) is 3. The maximum absolute atomic E-state index is 13.7. The van der Waals surface area contributed by atoms with Crippen LogP contribution in [0.1, 0.15) is 16.1 Å². The highest BCUT2D eigenvalue weighted by Crippen LogP contribution is 2.20. The van der Waals surface area contributed by atoms with Crippen molar-refractivity contribution < 1.29 is 18.7 Å². The number of amides is 1. The molecule has 7 nitrogen and oxygen atoms in total. The van der Waals surface area contributed by atoms with Gasteiger partial charge in [0.25, 0.3) is 5.91 Å². The standard InChI is InChI=1S/C15H14ClFN4O3/c1-21(7-9-10(16)3-2-4-11(9)17)12(22)8-24-15(23)13-14(18)20-6-5-19-13/h2-6H,7-8H2,1H3,(H2,18,20). The summed E-state index contributed by atoms with van der Waals surface area (Å²) in [6, 6.07) is 4.24. The van der Waals surface area contributed by atoms with Crippen molar-refractivity contribution in [1.82, 2.24) is 14.9 Å². The van der Waals surface area contributed by atoms with Gasteiger partial charge in [0.1, 0.15) is 5.82 Å². The van der Waals surface area contributed by atoms with Crippen LogP contribution in [-0.4, -0.2) is 40.4 Å². The summed E-state index contributed by atoms with van der Waals surface area (Å²) in [5.41, 5.74) is 5.50. The first-order valence-corrected chi connectivity index (χ1v) is 7.18. The molecule has 0 saturated carbocycles. The molecule has 0 fully saturated rings. The van der Waals surface area contributed by atoms with E-state index >= 15 is 0 Å². The van der Waals surface area contributed by atoms with Crippen molar-refractivity contribution in [3.8, 4) is 0 Å². The summed E-state index contributed by atoms with van der Waals surface area (Å²) in [4.78, 5) is 32.4. The zero-order valence-electron chi connectivity index (χ0n) is 12.7. The monoisotopic (exact) mass is 352 g/mol. The fourth-order valence-electron chi connectivity index (χ4n) is 1.82. The van der Waals surface area contributed by atoms with Crippen LogP contribution in [0.2, 0.25) is 5.02 Å². The number of anilines is 1. The van der Waals surface area contributed by atoms with E-state index in [0.717, 1.165) is 0 Å². The summed E-state index contributed by atoms with van der Waals surface area (Å²) in [6.45, 7) is -0.605. The maximum atomic E-state index is 13.7. The molecule has 1 amide bonds. The smallest absolute Gasteiger partial charge is 0.361 e. The van der Waals surface area contributed by atoms with Crippen LogP contribution in [0.25, 0.3) is 0 Å². The molecular weight excluding hydrogens is 339 g/mol. The molecule has 2 rings (SSSR count). The number of likely N-dealkylation sites (N-methyl/N-ethyl adjacent to an activating group) is 1. The third-order valence-electron chi connectivity index (χ3n) is 3.13. The van der Waals surface area contributed by atoms with Crippen LogP contribution >= 0.6 is 11.6 Å². The number of rotatable bonds is 5. The quantitative estimate of drug-likeness (QED) is 0.822. The molecule has 1 aromatic carbocycles. The Bertz CT molecular complexity index is 752. The average molecular weight is 353 g/mol. The van der Waals surface area contributed by atoms with Gasteiger partial charge in [-0.3, -0.25) is 4.79 Å². The highest BCUT2D eigenvalue weighted by Gasteiger charge is 2.18. The van der Waals surface area contributed by atoms with Crippen LogP contribution in [-0.2, 0) is 16.1 Å². The van der Waals surface area contributed by atoms with Gasteiger partial charge in [0.15, 0.2) is 18.1 Å². The molecule has 0 saturated heterocycles. The number of hydrogen-bond acceptors (Lipinski definition) is 6. The average Bonchev–Trinajstić information content (AvgIpc) is 2.56. The minimum absolute atomic E-state index is 0.0603. The maximum Gasteiger partial charge on any atom is 0.361 e. The molecule has 0 unspecified atom stereocenters. The van der Waals surface area contributed by atoms with Crippen molar-refractivity contribution in [1.29, 1.82) is 0 Å². The SMILES string of the molecule is CN(Cc1c(F)cccc1Cl)C(=O)COC(=O)c1nccnc1N. The lowest BCUT2D eigenvalue weighted by molar-refractivity contribution is -0.133. The predicted molar refractivity (Wildman–Crippen MR) is 84.6 cm³/mol. The van der Waals surface area contributed by atoms with Crippen molar-refractivity contribution >= 4 is 29.3 Å². The molecule has 24 heavy (non-hydrogen) atoms. The number of carbonyl (C=O) groups excluding carboxylic acids is 2. The number of esters is 1. The number of carbonyl (C=O) groups is 2. The second-order valence-electron chi connectivity index (χ2n) is 4.82. The summed E-state index contributed by atoms with van der Waals surface area (Å²) < 4.78 is 18.6. The molecule has 9 heteroatoms. The number of ether oxygens (including phenoxy) is 1. The number of aromatic nitrogens is 2. The number of halogens is 2. The summed E-state index contributed by atoms with van der Waals surface area (Å²) in [7, 11) is 1.44. The second-order valence-corrected chi connectivity index (χ2v) is 5.22. The van der Waals surface area contributed by atoms with E-state index in [0.29, 0.717) is 0 Å². The second kappa shape index (κ2) is 7.69. The van der Waals surface area contributed by atoms with Crippen molar-refractivity contribution in [3.05, 3.63) is 52.7 Å². The Morgan fingerprint density at radius 1 is 1.33 bits per heavy atom. The van der Waals surface area contributed by atoms with Gasteiger partial charge in [-0.1, -0.05) is 17.7 Å². The number of hydrogen-bond donors (Lipinski definition) is 1. The Balaban J connectivity index is 1.95. The zero-order chi connectivity index (χ0) is 17.7. The molecule has 2 aromatic rings. The Kier molecular flexibility index (Phi) is 5.64. The van der Waals surface area contributed by atoms with Crippen molar-refractivity contribution in [2.75, 3.05) is 19.4 Å². The molecule has 2 N–H and O–H groups in total. The minimum atomic E-state index is -0.869. The van der Waals surface area contributed by atoms with Gasteiger partial charge in [-0.25, -0.2) is 19.2 Å². The van der Waals surface area contributed by atoms with Gasteiger partial charge >= 0.3 is 5.97 Å². The van der Waals surface area contributed by atoms with E-state index in [1.165, 1.54) is 42.5 Å². The molecule has 1 aromatic heterocycles. The van der Waals surface area contributed by atoms with E-state index in [1.54, 1.807) is 0 Å². The molecule has 0 aliphatic rings. The fourth-order valence-corrected chi connectivity index (χ4v) is 2.04. The lowest BCUT2D eigenvalue weighted by atomic mass is 10.2. The van der Waals surface area contributed by atoms with E-state index in [2.05, 4.69) is 9.97 Å². The molecule has 0 spiro atoms. The molecule has 0 atom stereocenters. The van der Waals surface area contributed by atoms with E-state index < -0.39 is 24.3 Å². The molecule has 0 aliphatic carbocycles. The third-order valence-corrected chi connectivity index (χ3v) is 3.48. The minimum Gasteiger partial charge on any atom is -0.451 e. The number of nitrogens with two attached hydrogens (primary N) is 1. The summed E-state index contributed by atoms with van der Waals surface area (Å²) in [6.07, 6.45) is 2.60. The van der Waals surface area contributed by atoms with E-state index in [9.17, 15) is 14.0 Å². The summed E-state index contributed by atoms with van der Waals surface area (Å²) >= 11 is 5.91. The Labute approximate surface area is 142 Å². The molecule has 0 aliphatic heterocycles. The Morgan fingerprint density at radius 3 is 2.71 bits per heavy atom. The van der Waals surface area contributed by atoms with Crippen molar-refractivity contribution in [2.45, 2.75) is 6.54 Å². The van der Waals surface area contributed by atoms with Gasteiger partial charge < -0.3 is 15.4 Å². The van der Waals surface area contributed by atoms with Crippen LogP contribution in [0.15, 0.2) is 30.6 Å². The molecular formula is C15H14ClFN4O3. The topological polar surface area (TPSA) is 98.4 Å². The van der Waals surface area contributed by atoms with Crippen LogP contribution in [0.5, 0.6) is 0 Å². The highest BCUT2D eigenvalue weighted by molar-refractivity contribution is 6.31. The number of benzene rings is 1. The van der Waals surface area contributed by atoms with Crippen LogP contribution in [0.4, 0.5) is 10.2 Å². The van der Waals surface area contributed by atoms with Crippen LogP contribution < -0.4 is 5.73 Å². The van der Waals surface area contributed by atoms with Gasteiger partial charge in [0.05, 0.1) is 0 Å². The number of nitrogen functional groups attached to an aromatic ring is 1. The van der Waals surface area contributed by atoms with E-state index in [1.807, 2.05) is 0 Å². The zero-order valence-corrected chi connectivity index (χ0v) is 13.5. The lowest BCUT2D eigenvalue weighted by Gasteiger charge is -2.18. The first kappa shape index (κ1) is 17.6. The molecule has 1 heterocycles. The molecule has 126 valence electrons. The Hall–Kier alpha value is -2.74. The van der Waals surface area contributed by atoms with Gasteiger partial charge in [-0.05, 0) is 12.1 Å². The van der Waals surface area contributed by atoms with Crippen LogP contribution in [0, 0.1) is 5.82 Å². The van der Waals surface area contributed by atoms with Crippen LogP contribution in [0.3, 0.4) is 0 Å². The van der Waals surface area contributed by atoms with E-state index in [-0.39, 0.29) is 28.6 Å². The molecule has 0 radical (unpaired) electrons. The largest absolute Gasteiger partial charge is 0.451 e.